The zero-order valence-electron chi connectivity index (χ0n) is 10.7. The van der Waals surface area contributed by atoms with E-state index in [4.69, 9.17) is 17.3 Å². The minimum Gasteiger partial charge on any atom is -0.398 e. The summed E-state index contributed by atoms with van der Waals surface area (Å²) in [6, 6.07) is 5.08. The van der Waals surface area contributed by atoms with Crippen molar-refractivity contribution in [2.45, 2.75) is 26.2 Å². The summed E-state index contributed by atoms with van der Waals surface area (Å²) >= 11 is 5.86. The zero-order chi connectivity index (χ0) is 13.1. The van der Waals surface area contributed by atoms with Crippen molar-refractivity contribution in [1.82, 2.24) is 4.90 Å². The van der Waals surface area contributed by atoms with E-state index < -0.39 is 0 Å². The zero-order valence-corrected chi connectivity index (χ0v) is 11.4. The van der Waals surface area contributed by atoms with E-state index in [0.717, 1.165) is 13.1 Å². The van der Waals surface area contributed by atoms with Gasteiger partial charge in [-0.1, -0.05) is 18.0 Å². The first-order valence-corrected chi connectivity index (χ1v) is 6.84. The summed E-state index contributed by atoms with van der Waals surface area (Å²) in [5, 5.41) is 0.494. The molecule has 1 fully saturated rings. The number of hydrogen-bond acceptors (Lipinski definition) is 2. The lowest BCUT2D eigenvalue weighted by Crippen LogP contribution is -2.37. The minimum absolute atomic E-state index is 0.0489. The quantitative estimate of drug-likeness (QED) is 0.851. The summed E-state index contributed by atoms with van der Waals surface area (Å²) < 4.78 is 0. The van der Waals surface area contributed by atoms with Crippen LogP contribution in [0.4, 0.5) is 5.69 Å². The van der Waals surface area contributed by atoms with E-state index in [-0.39, 0.29) is 5.91 Å². The lowest BCUT2D eigenvalue weighted by atomic mass is 9.85. The molecule has 0 spiro atoms. The molecule has 0 heterocycles. The van der Waals surface area contributed by atoms with E-state index in [1.54, 1.807) is 18.2 Å². The maximum absolute atomic E-state index is 12.3. The molecule has 0 saturated heterocycles. The van der Waals surface area contributed by atoms with Gasteiger partial charge in [0.1, 0.15) is 0 Å². The number of nitrogens with zero attached hydrogens (tertiary/aromatic N) is 1. The van der Waals surface area contributed by atoms with Crippen LogP contribution in [0.1, 0.15) is 36.5 Å². The molecule has 1 amide bonds. The van der Waals surface area contributed by atoms with Crippen molar-refractivity contribution in [3.8, 4) is 0 Å². The van der Waals surface area contributed by atoms with E-state index in [1.807, 2.05) is 11.8 Å². The average Bonchev–Trinajstić information content (AvgIpc) is 2.31. The molecular formula is C14H19ClN2O. The molecular weight excluding hydrogens is 248 g/mol. The molecule has 1 aromatic rings. The molecule has 1 aromatic carbocycles. The summed E-state index contributed by atoms with van der Waals surface area (Å²) in [5.41, 5.74) is 6.82. The fourth-order valence-electron chi connectivity index (χ4n) is 2.20. The number of nitrogen functional groups attached to an aromatic ring is 1. The summed E-state index contributed by atoms with van der Waals surface area (Å²) in [6.45, 7) is 3.60. The van der Waals surface area contributed by atoms with Gasteiger partial charge in [0.2, 0.25) is 0 Å². The Balaban J connectivity index is 2.09. The third-order valence-electron chi connectivity index (χ3n) is 3.62. The van der Waals surface area contributed by atoms with Crippen LogP contribution in [0.15, 0.2) is 18.2 Å². The first kappa shape index (κ1) is 13.2. The number of carbonyl (C=O) groups excluding carboxylic acids is 1. The fourth-order valence-corrected chi connectivity index (χ4v) is 2.32. The normalized spacial score (nSPS) is 15.2. The molecule has 2 rings (SSSR count). The average molecular weight is 267 g/mol. The monoisotopic (exact) mass is 266 g/mol. The second-order valence-electron chi connectivity index (χ2n) is 4.88. The first-order chi connectivity index (χ1) is 8.61. The third kappa shape index (κ3) is 2.78. The maximum atomic E-state index is 12.3. The molecule has 18 heavy (non-hydrogen) atoms. The number of hydrogen-bond donors (Lipinski definition) is 1. The highest BCUT2D eigenvalue weighted by Gasteiger charge is 2.23. The van der Waals surface area contributed by atoms with Crippen LogP contribution < -0.4 is 5.73 Å². The van der Waals surface area contributed by atoms with Gasteiger partial charge in [-0.3, -0.25) is 4.79 Å². The molecule has 3 nitrogen and oxygen atoms in total. The number of amides is 1. The van der Waals surface area contributed by atoms with Crippen LogP contribution in [0.25, 0.3) is 0 Å². The number of carbonyl (C=O) groups is 1. The largest absolute Gasteiger partial charge is 0.398 e. The van der Waals surface area contributed by atoms with E-state index in [1.165, 1.54) is 19.3 Å². The topological polar surface area (TPSA) is 46.3 Å². The van der Waals surface area contributed by atoms with Crippen molar-refractivity contribution in [3.63, 3.8) is 0 Å². The van der Waals surface area contributed by atoms with E-state index in [0.29, 0.717) is 22.2 Å². The van der Waals surface area contributed by atoms with Gasteiger partial charge in [-0.15, -0.1) is 0 Å². The van der Waals surface area contributed by atoms with Crippen LogP contribution in [-0.4, -0.2) is 23.9 Å². The van der Waals surface area contributed by atoms with Crippen LogP contribution in [0.2, 0.25) is 5.02 Å². The van der Waals surface area contributed by atoms with Gasteiger partial charge >= 0.3 is 0 Å². The van der Waals surface area contributed by atoms with Crippen LogP contribution in [-0.2, 0) is 0 Å². The fraction of sp³-hybridized carbons (Fsp3) is 0.500. The Labute approximate surface area is 113 Å². The molecule has 4 heteroatoms. The van der Waals surface area contributed by atoms with Crippen LogP contribution in [0, 0.1) is 5.92 Å². The first-order valence-electron chi connectivity index (χ1n) is 6.46. The lowest BCUT2D eigenvalue weighted by Gasteiger charge is -2.31. The number of rotatable bonds is 4. The van der Waals surface area contributed by atoms with Gasteiger partial charge in [-0.2, -0.15) is 0 Å². The molecule has 0 aliphatic heterocycles. The van der Waals surface area contributed by atoms with Gasteiger partial charge < -0.3 is 10.6 Å². The SMILES string of the molecule is CCN(CC1CCC1)C(=O)c1ccc(Cl)c(N)c1. The van der Waals surface area contributed by atoms with Crippen molar-refractivity contribution in [2.24, 2.45) is 5.92 Å². The maximum Gasteiger partial charge on any atom is 0.253 e. The van der Waals surface area contributed by atoms with Gasteiger partial charge in [0.25, 0.3) is 5.91 Å². The molecule has 0 bridgehead atoms. The van der Waals surface area contributed by atoms with Gasteiger partial charge in [0.15, 0.2) is 0 Å². The molecule has 0 aromatic heterocycles. The summed E-state index contributed by atoms with van der Waals surface area (Å²) in [5.74, 6) is 0.728. The van der Waals surface area contributed by atoms with Gasteiger partial charge in [-0.25, -0.2) is 0 Å². The van der Waals surface area contributed by atoms with Gasteiger partial charge in [0.05, 0.1) is 10.7 Å². The highest BCUT2D eigenvalue weighted by molar-refractivity contribution is 6.33. The van der Waals surface area contributed by atoms with Crippen molar-refractivity contribution in [3.05, 3.63) is 28.8 Å². The lowest BCUT2D eigenvalue weighted by molar-refractivity contribution is 0.0706. The molecule has 0 unspecified atom stereocenters. The van der Waals surface area contributed by atoms with Gasteiger partial charge in [0, 0.05) is 18.7 Å². The van der Waals surface area contributed by atoms with E-state index in [9.17, 15) is 4.79 Å². The molecule has 98 valence electrons. The molecule has 1 aliphatic carbocycles. The van der Waals surface area contributed by atoms with E-state index >= 15 is 0 Å². The Bertz CT molecular complexity index is 443. The van der Waals surface area contributed by atoms with Crippen molar-refractivity contribution in [2.75, 3.05) is 18.8 Å². The van der Waals surface area contributed by atoms with Crippen LogP contribution in [0.3, 0.4) is 0 Å². The number of anilines is 1. The second-order valence-corrected chi connectivity index (χ2v) is 5.28. The Morgan fingerprint density at radius 3 is 2.72 bits per heavy atom. The highest BCUT2D eigenvalue weighted by Crippen LogP contribution is 2.28. The van der Waals surface area contributed by atoms with Crippen LogP contribution in [0.5, 0.6) is 0 Å². The van der Waals surface area contributed by atoms with Gasteiger partial charge in [-0.05, 0) is 43.9 Å². The van der Waals surface area contributed by atoms with E-state index in [2.05, 4.69) is 0 Å². The molecule has 0 atom stereocenters. The second kappa shape index (κ2) is 5.61. The summed E-state index contributed by atoms with van der Waals surface area (Å²) in [4.78, 5) is 14.2. The van der Waals surface area contributed by atoms with Crippen molar-refractivity contribution in [1.29, 1.82) is 0 Å². The molecule has 1 aliphatic rings. The molecule has 2 N–H and O–H groups in total. The van der Waals surface area contributed by atoms with Crippen molar-refractivity contribution >= 4 is 23.2 Å². The Morgan fingerprint density at radius 1 is 1.50 bits per heavy atom. The minimum atomic E-state index is 0.0489. The number of nitrogens with two attached hydrogens (primary N) is 1. The Kier molecular flexibility index (Phi) is 4.12. The smallest absolute Gasteiger partial charge is 0.253 e. The number of benzene rings is 1. The number of halogens is 1. The molecule has 0 radical (unpaired) electrons. The summed E-state index contributed by atoms with van der Waals surface area (Å²) in [7, 11) is 0. The third-order valence-corrected chi connectivity index (χ3v) is 3.96. The Morgan fingerprint density at radius 2 is 2.22 bits per heavy atom. The summed E-state index contributed by atoms with van der Waals surface area (Å²) in [6.07, 6.45) is 3.78. The van der Waals surface area contributed by atoms with Crippen LogP contribution >= 0.6 is 11.6 Å². The highest BCUT2D eigenvalue weighted by atomic mass is 35.5. The predicted molar refractivity (Wildman–Crippen MR) is 74.8 cm³/mol. The standard InChI is InChI=1S/C14H19ClN2O/c1-2-17(9-10-4-3-5-10)14(18)11-6-7-12(15)13(16)8-11/h6-8,10H,2-5,9,16H2,1H3. The Hall–Kier alpha value is -1.22. The molecule has 1 saturated carbocycles. The predicted octanol–water partition coefficient (Wildman–Crippen LogP) is 3.18. The van der Waals surface area contributed by atoms with Crippen molar-refractivity contribution < 1.29 is 4.79 Å².